The highest BCUT2D eigenvalue weighted by atomic mass is 16.2. The van der Waals surface area contributed by atoms with Gasteiger partial charge >= 0.3 is 0 Å². The Morgan fingerprint density at radius 1 is 1.23 bits per heavy atom. The van der Waals surface area contributed by atoms with Crippen LogP contribution in [0.2, 0.25) is 0 Å². The first-order valence-corrected chi connectivity index (χ1v) is 13.9. The van der Waals surface area contributed by atoms with Gasteiger partial charge in [-0.1, -0.05) is 33.4 Å². The molecule has 0 unspecified atom stereocenters. The molecule has 8 nitrogen and oxygen atoms in total. The molecule has 2 fully saturated rings. The number of nitrogens with zero attached hydrogens (tertiary/aromatic N) is 4. The molecule has 1 aromatic carbocycles. The molecule has 5 rings (SSSR count). The Hall–Kier alpha value is -3.52. The Morgan fingerprint density at radius 3 is 2.67 bits per heavy atom. The van der Waals surface area contributed by atoms with E-state index in [1.165, 1.54) is 6.08 Å². The summed E-state index contributed by atoms with van der Waals surface area (Å²) in [5.74, 6) is 0.336. The Bertz CT molecular complexity index is 1390. The molecule has 1 saturated carbocycles. The molecule has 1 spiro atoms. The molecule has 2 aliphatic rings. The van der Waals surface area contributed by atoms with Crippen molar-refractivity contribution in [3.8, 4) is 0 Å². The second-order valence-electron chi connectivity index (χ2n) is 12.5. The Morgan fingerprint density at radius 2 is 2.00 bits per heavy atom. The molecule has 2 N–H and O–H groups in total. The third kappa shape index (κ3) is 5.48. The summed E-state index contributed by atoms with van der Waals surface area (Å²) in [5, 5.41) is 6.70. The summed E-state index contributed by atoms with van der Waals surface area (Å²) in [4.78, 5) is 36.4. The van der Waals surface area contributed by atoms with Gasteiger partial charge in [-0.3, -0.25) is 19.9 Å². The second kappa shape index (κ2) is 10.2. The first kappa shape index (κ1) is 27.1. The zero-order valence-corrected chi connectivity index (χ0v) is 23.8. The van der Waals surface area contributed by atoms with E-state index in [0.29, 0.717) is 17.6 Å². The molecule has 8 heteroatoms. The first-order valence-electron chi connectivity index (χ1n) is 13.9. The van der Waals surface area contributed by atoms with Gasteiger partial charge in [0.25, 0.3) is 5.91 Å². The Kier molecular flexibility index (Phi) is 7.10. The molecule has 39 heavy (non-hydrogen) atoms. The molecule has 206 valence electrons. The number of aromatic nitrogens is 3. The summed E-state index contributed by atoms with van der Waals surface area (Å²) in [6.07, 6.45) is 5.89. The van der Waals surface area contributed by atoms with E-state index >= 15 is 0 Å². The van der Waals surface area contributed by atoms with Gasteiger partial charge in [-0.2, -0.15) is 0 Å². The predicted molar refractivity (Wildman–Crippen MR) is 155 cm³/mol. The number of pyridine rings is 1. The minimum absolute atomic E-state index is 0.00461. The summed E-state index contributed by atoms with van der Waals surface area (Å²) in [6, 6.07) is 10.6. The summed E-state index contributed by atoms with van der Waals surface area (Å²) in [6.45, 7) is 16.7. The number of likely N-dealkylation sites (tertiary alicyclic amines) is 1. The van der Waals surface area contributed by atoms with Crippen molar-refractivity contribution < 1.29 is 9.59 Å². The van der Waals surface area contributed by atoms with Crippen molar-refractivity contribution in [2.24, 2.45) is 10.8 Å². The van der Waals surface area contributed by atoms with Crippen molar-refractivity contribution in [2.45, 2.75) is 72.5 Å². The lowest BCUT2D eigenvalue weighted by atomic mass is 9.64. The number of anilines is 1. The fourth-order valence-corrected chi connectivity index (χ4v) is 5.77. The predicted octanol–water partition coefficient (Wildman–Crippen LogP) is 5.26. The van der Waals surface area contributed by atoms with E-state index in [0.717, 1.165) is 61.2 Å². The van der Waals surface area contributed by atoms with Crippen molar-refractivity contribution in [3.05, 3.63) is 66.0 Å². The van der Waals surface area contributed by atoms with Crippen LogP contribution < -0.4 is 10.6 Å². The SMILES string of the molecule is C=CC(=O)N1CC[C@]2(C1)C[C@H](n1c(NC(=O)c3ccc(C)nc3)nc3cc(CN[C@@H](C)C(C)(C)C)ccc31)C2. The van der Waals surface area contributed by atoms with Crippen molar-refractivity contribution in [1.82, 2.24) is 24.8 Å². The first-order chi connectivity index (χ1) is 18.5. The smallest absolute Gasteiger partial charge is 0.259 e. The van der Waals surface area contributed by atoms with Gasteiger partial charge < -0.3 is 14.8 Å². The van der Waals surface area contributed by atoms with Crippen LogP contribution >= 0.6 is 0 Å². The van der Waals surface area contributed by atoms with E-state index in [9.17, 15) is 9.59 Å². The lowest BCUT2D eigenvalue weighted by Gasteiger charge is -2.46. The van der Waals surface area contributed by atoms with Gasteiger partial charge in [0.1, 0.15) is 0 Å². The monoisotopic (exact) mass is 528 g/mol. The van der Waals surface area contributed by atoms with E-state index in [2.05, 4.69) is 72.7 Å². The molecular formula is C31H40N6O2. The van der Waals surface area contributed by atoms with Crippen LogP contribution in [0.5, 0.6) is 0 Å². The number of nitrogens with one attached hydrogen (secondary N) is 2. The van der Waals surface area contributed by atoms with E-state index in [4.69, 9.17) is 4.98 Å². The highest BCUT2D eigenvalue weighted by Crippen LogP contribution is 2.55. The second-order valence-corrected chi connectivity index (χ2v) is 12.5. The van der Waals surface area contributed by atoms with E-state index in [-0.39, 0.29) is 28.7 Å². The fourth-order valence-electron chi connectivity index (χ4n) is 5.77. The van der Waals surface area contributed by atoms with Gasteiger partial charge in [0.2, 0.25) is 11.9 Å². The maximum Gasteiger partial charge on any atom is 0.259 e. The molecular weight excluding hydrogens is 488 g/mol. The zero-order chi connectivity index (χ0) is 27.9. The third-order valence-electron chi connectivity index (χ3n) is 8.69. The van der Waals surface area contributed by atoms with Crippen LogP contribution in [0.1, 0.15) is 74.6 Å². The summed E-state index contributed by atoms with van der Waals surface area (Å²) >= 11 is 0. The molecule has 2 aromatic heterocycles. The highest BCUT2D eigenvalue weighted by Gasteiger charge is 2.50. The van der Waals surface area contributed by atoms with Crippen LogP contribution in [0.3, 0.4) is 0 Å². The van der Waals surface area contributed by atoms with Gasteiger partial charge in [-0.25, -0.2) is 4.98 Å². The molecule has 0 bridgehead atoms. The van der Waals surface area contributed by atoms with Gasteiger partial charge in [0, 0.05) is 43.6 Å². The molecule has 3 aromatic rings. The van der Waals surface area contributed by atoms with Gasteiger partial charge in [-0.05, 0) is 79.8 Å². The zero-order valence-electron chi connectivity index (χ0n) is 23.8. The van der Waals surface area contributed by atoms with E-state index in [1.807, 2.05) is 17.9 Å². The Balaban J connectivity index is 1.41. The van der Waals surface area contributed by atoms with E-state index < -0.39 is 0 Å². The van der Waals surface area contributed by atoms with Gasteiger partial charge in [0.05, 0.1) is 16.6 Å². The van der Waals surface area contributed by atoms with Crippen molar-refractivity contribution in [1.29, 1.82) is 0 Å². The minimum atomic E-state index is -0.224. The number of fused-ring (bicyclic) bond motifs is 1. The van der Waals surface area contributed by atoms with Crippen LogP contribution in [0.4, 0.5) is 5.95 Å². The molecule has 3 heterocycles. The van der Waals surface area contributed by atoms with Crippen LogP contribution in [-0.4, -0.2) is 50.4 Å². The number of imidazole rings is 1. The molecule has 0 radical (unpaired) electrons. The number of hydrogen-bond donors (Lipinski definition) is 2. The topological polar surface area (TPSA) is 92.2 Å². The molecule has 1 atom stereocenters. The number of aryl methyl sites for hydroxylation is 1. The number of carbonyl (C=O) groups excluding carboxylic acids is 2. The van der Waals surface area contributed by atoms with Crippen LogP contribution in [0.15, 0.2) is 49.2 Å². The number of rotatable bonds is 7. The number of benzene rings is 1. The van der Waals surface area contributed by atoms with Crippen LogP contribution in [0, 0.1) is 17.8 Å². The quantitative estimate of drug-likeness (QED) is 0.409. The molecule has 2 amide bonds. The fraction of sp³-hybridized carbons (Fsp3) is 0.484. The standard InChI is InChI=1S/C31H40N6O2/c1-7-27(38)36-13-12-31(19-36)15-24(16-31)37-26-11-9-22(17-33-21(3)30(4,5)6)14-25(26)34-29(37)35-28(39)23-10-8-20(2)32-18-23/h7-11,14,18,21,24,33H,1,12-13,15-17,19H2,2-6H3,(H,34,35,39)/t21-,24-,31-/m0/s1. The molecule has 1 aliphatic heterocycles. The average Bonchev–Trinajstić information content (AvgIpc) is 3.47. The third-order valence-corrected chi connectivity index (χ3v) is 8.69. The minimum Gasteiger partial charge on any atom is -0.339 e. The number of amides is 2. The largest absolute Gasteiger partial charge is 0.339 e. The maximum absolute atomic E-state index is 13.2. The van der Waals surface area contributed by atoms with Crippen molar-refractivity contribution >= 4 is 28.8 Å². The van der Waals surface area contributed by atoms with Crippen LogP contribution in [-0.2, 0) is 11.3 Å². The van der Waals surface area contributed by atoms with E-state index in [1.54, 1.807) is 12.3 Å². The highest BCUT2D eigenvalue weighted by molar-refractivity contribution is 6.04. The maximum atomic E-state index is 13.2. The average molecular weight is 529 g/mol. The summed E-state index contributed by atoms with van der Waals surface area (Å²) < 4.78 is 2.19. The lowest BCUT2D eigenvalue weighted by molar-refractivity contribution is -0.125. The number of hydrogen-bond acceptors (Lipinski definition) is 5. The Labute approximate surface area is 230 Å². The van der Waals surface area contributed by atoms with Crippen LogP contribution in [0.25, 0.3) is 11.0 Å². The summed E-state index contributed by atoms with van der Waals surface area (Å²) in [7, 11) is 0. The van der Waals surface area contributed by atoms with Gasteiger partial charge in [-0.15, -0.1) is 0 Å². The molecule has 1 saturated heterocycles. The lowest BCUT2D eigenvalue weighted by Crippen LogP contribution is -2.42. The van der Waals surface area contributed by atoms with Crippen molar-refractivity contribution in [3.63, 3.8) is 0 Å². The number of carbonyl (C=O) groups is 2. The van der Waals surface area contributed by atoms with Gasteiger partial charge in [0.15, 0.2) is 0 Å². The summed E-state index contributed by atoms with van der Waals surface area (Å²) in [5.41, 5.74) is 4.68. The normalized spacial score (nSPS) is 21.7. The van der Waals surface area contributed by atoms with Crippen molar-refractivity contribution in [2.75, 3.05) is 18.4 Å². The molecule has 1 aliphatic carbocycles.